The van der Waals surface area contributed by atoms with Gasteiger partial charge in [0.1, 0.15) is 5.75 Å². The van der Waals surface area contributed by atoms with Crippen molar-refractivity contribution in [2.45, 2.75) is 0 Å². The molecule has 0 saturated heterocycles. The van der Waals surface area contributed by atoms with E-state index in [2.05, 4.69) is 10.5 Å². The number of amides is 1. The van der Waals surface area contributed by atoms with Crippen LogP contribution in [0.3, 0.4) is 0 Å². The Bertz CT molecular complexity index is 1110. The third-order valence-corrected chi connectivity index (χ3v) is 3.98. The number of nitrogens with zero attached hydrogens (tertiary/aromatic N) is 2. The molecule has 9 heteroatoms. The Morgan fingerprint density at radius 2 is 1.86 bits per heavy atom. The molecule has 1 amide bonds. The van der Waals surface area contributed by atoms with E-state index in [1.807, 2.05) is 12.1 Å². The van der Waals surface area contributed by atoms with Crippen LogP contribution in [-0.4, -0.2) is 34.4 Å². The largest absolute Gasteiger partial charge is 0.507 e. The molecule has 0 saturated carbocycles. The molecular formula is C19H15N3O6. The molecule has 0 aromatic heterocycles. The summed E-state index contributed by atoms with van der Waals surface area (Å²) in [6.45, 7) is 0. The van der Waals surface area contributed by atoms with Crippen molar-refractivity contribution in [2.75, 3.05) is 7.11 Å². The number of carbonyl (C=O) groups excluding carboxylic acids is 1. The van der Waals surface area contributed by atoms with Gasteiger partial charge in [0.05, 0.1) is 23.8 Å². The Kier molecular flexibility index (Phi) is 5.07. The summed E-state index contributed by atoms with van der Waals surface area (Å²) in [4.78, 5) is 22.5. The number of hydrazone groups is 1. The highest BCUT2D eigenvalue weighted by Gasteiger charge is 2.19. The predicted molar refractivity (Wildman–Crippen MR) is 102 cm³/mol. The molecule has 0 fully saturated rings. The van der Waals surface area contributed by atoms with E-state index in [-0.39, 0.29) is 22.6 Å². The van der Waals surface area contributed by atoms with Gasteiger partial charge in [0.2, 0.25) is 5.75 Å². The predicted octanol–water partition coefficient (Wildman–Crippen LogP) is 2.93. The average Bonchev–Trinajstić information content (AvgIpc) is 2.68. The van der Waals surface area contributed by atoms with Crippen LogP contribution in [0.1, 0.15) is 15.9 Å². The number of benzene rings is 3. The molecule has 0 unspecified atom stereocenters. The van der Waals surface area contributed by atoms with E-state index in [9.17, 15) is 25.1 Å². The fourth-order valence-corrected chi connectivity index (χ4v) is 2.62. The topological polar surface area (TPSA) is 134 Å². The lowest BCUT2D eigenvalue weighted by atomic mass is 10.1. The SMILES string of the molecule is COc1cc(C=NNC(=O)c2cc3ccccc3cc2O)cc([N+](=O)[O-])c1O. The van der Waals surface area contributed by atoms with Gasteiger partial charge in [0, 0.05) is 11.6 Å². The zero-order valence-electron chi connectivity index (χ0n) is 14.6. The van der Waals surface area contributed by atoms with Gasteiger partial charge in [0.15, 0.2) is 5.75 Å². The average molecular weight is 381 g/mol. The summed E-state index contributed by atoms with van der Waals surface area (Å²) in [6.07, 6.45) is 1.16. The number of carbonyl (C=O) groups is 1. The Morgan fingerprint density at radius 3 is 2.50 bits per heavy atom. The van der Waals surface area contributed by atoms with Crippen LogP contribution in [0.25, 0.3) is 10.8 Å². The van der Waals surface area contributed by atoms with Crippen molar-refractivity contribution in [2.24, 2.45) is 5.10 Å². The highest BCUT2D eigenvalue weighted by Crippen LogP contribution is 2.36. The second kappa shape index (κ2) is 7.62. The van der Waals surface area contributed by atoms with Gasteiger partial charge in [-0.1, -0.05) is 24.3 Å². The fraction of sp³-hybridized carbons (Fsp3) is 0.0526. The van der Waals surface area contributed by atoms with E-state index >= 15 is 0 Å². The molecule has 3 rings (SSSR count). The van der Waals surface area contributed by atoms with Crippen LogP contribution in [0.4, 0.5) is 5.69 Å². The first-order chi connectivity index (χ1) is 13.4. The van der Waals surface area contributed by atoms with Crippen molar-refractivity contribution < 1.29 is 24.7 Å². The maximum atomic E-state index is 12.3. The Hall–Kier alpha value is -4.14. The van der Waals surface area contributed by atoms with E-state index < -0.39 is 22.3 Å². The number of nitrogens with one attached hydrogen (secondary N) is 1. The molecule has 0 radical (unpaired) electrons. The molecule has 0 aliphatic heterocycles. The summed E-state index contributed by atoms with van der Waals surface area (Å²) in [6, 6.07) is 12.6. The van der Waals surface area contributed by atoms with E-state index in [1.54, 1.807) is 12.1 Å². The summed E-state index contributed by atoms with van der Waals surface area (Å²) in [5.41, 5.74) is 1.95. The lowest BCUT2D eigenvalue weighted by Gasteiger charge is -2.06. The van der Waals surface area contributed by atoms with Gasteiger partial charge in [-0.3, -0.25) is 14.9 Å². The number of methoxy groups -OCH3 is 1. The molecule has 28 heavy (non-hydrogen) atoms. The Balaban J connectivity index is 1.83. The Morgan fingerprint density at radius 1 is 1.18 bits per heavy atom. The van der Waals surface area contributed by atoms with Gasteiger partial charge in [-0.2, -0.15) is 5.10 Å². The molecular weight excluding hydrogens is 366 g/mol. The first-order valence-corrected chi connectivity index (χ1v) is 8.01. The number of aromatic hydroxyl groups is 2. The molecule has 3 aromatic rings. The lowest BCUT2D eigenvalue weighted by Crippen LogP contribution is -2.17. The van der Waals surface area contributed by atoms with Gasteiger partial charge >= 0.3 is 5.69 Å². The normalized spacial score (nSPS) is 10.9. The van der Waals surface area contributed by atoms with Crippen molar-refractivity contribution in [3.05, 3.63) is 69.8 Å². The molecule has 3 N–H and O–H groups in total. The minimum absolute atomic E-state index is 0.0325. The summed E-state index contributed by atoms with van der Waals surface area (Å²) in [5, 5.41) is 36.1. The molecule has 0 aliphatic rings. The number of hydrogen-bond acceptors (Lipinski definition) is 7. The molecule has 9 nitrogen and oxygen atoms in total. The standard InChI is InChI=1S/C19H15N3O6/c1-28-17-7-11(6-15(18(17)24)22(26)27)10-20-21-19(25)14-8-12-4-2-3-5-13(12)9-16(14)23/h2-10,23-24H,1H3,(H,21,25). The second-order valence-corrected chi connectivity index (χ2v) is 5.76. The number of fused-ring (bicyclic) bond motifs is 1. The fourth-order valence-electron chi connectivity index (χ4n) is 2.62. The van der Waals surface area contributed by atoms with E-state index in [1.165, 1.54) is 25.3 Å². The minimum atomic E-state index is -0.763. The molecule has 0 heterocycles. The first-order valence-electron chi connectivity index (χ1n) is 8.01. The summed E-state index contributed by atoms with van der Waals surface area (Å²) in [5.74, 6) is -1.56. The van der Waals surface area contributed by atoms with Crippen LogP contribution in [0, 0.1) is 10.1 Å². The maximum absolute atomic E-state index is 12.3. The third kappa shape index (κ3) is 3.68. The molecule has 0 aliphatic carbocycles. The lowest BCUT2D eigenvalue weighted by molar-refractivity contribution is -0.386. The molecule has 0 atom stereocenters. The van der Waals surface area contributed by atoms with Crippen LogP contribution < -0.4 is 10.2 Å². The van der Waals surface area contributed by atoms with E-state index in [0.717, 1.165) is 23.1 Å². The van der Waals surface area contributed by atoms with Gasteiger partial charge in [-0.15, -0.1) is 0 Å². The van der Waals surface area contributed by atoms with E-state index in [0.29, 0.717) is 0 Å². The van der Waals surface area contributed by atoms with Gasteiger partial charge < -0.3 is 14.9 Å². The highest BCUT2D eigenvalue weighted by molar-refractivity contribution is 6.01. The third-order valence-electron chi connectivity index (χ3n) is 3.98. The molecule has 3 aromatic carbocycles. The number of ether oxygens (including phenoxy) is 1. The van der Waals surface area contributed by atoms with Crippen molar-refractivity contribution in [3.8, 4) is 17.2 Å². The van der Waals surface area contributed by atoms with Crippen LogP contribution in [0.15, 0.2) is 53.6 Å². The quantitative estimate of drug-likeness (QED) is 0.353. The van der Waals surface area contributed by atoms with Crippen molar-refractivity contribution in [1.82, 2.24) is 5.43 Å². The van der Waals surface area contributed by atoms with Crippen molar-refractivity contribution in [3.63, 3.8) is 0 Å². The smallest absolute Gasteiger partial charge is 0.315 e. The first kappa shape index (κ1) is 18.6. The molecule has 0 spiro atoms. The van der Waals surface area contributed by atoms with E-state index in [4.69, 9.17) is 4.74 Å². The van der Waals surface area contributed by atoms with Crippen molar-refractivity contribution >= 4 is 28.6 Å². The summed E-state index contributed by atoms with van der Waals surface area (Å²) in [7, 11) is 1.25. The number of rotatable bonds is 5. The van der Waals surface area contributed by atoms with Crippen LogP contribution >= 0.6 is 0 Å². The molecule has 142 valence electrons. The summed E-state index contributed by atoms with van der Waals surface area (Å²) < 4.78 is 4.89. The monoisotopic (exact) mass is 381 g/mol. The highest BCUT2D eigenvalue weighted by atomic mass is 16.6. The minimum Gasteiger partial charge on any atom is -0.507 e. The van der Waals surface area contributed by atoms with Gasteiger partial charge in [-0.05, 0) is 29.0 Å². The second-order valence-electron chi connectivity index (χ2n) is 5.76. The number of nitro groups is 1. The zero-order valence-corrected chi connectivity index (χ0v) is 14.6. The number of hydrogen-bond donors (Lipinski definition) is 3. The zero-order chi connectivity index (χ0) is 20.3. The van der Waals surface area contributed by atoms with Crippen LogP contribution in [0.5, 0.6) is 17.2 Å². The van der Waals surface area contributed by atoms with Crippen LogP contribution in [0.2, 0.25) is 0 Å². The number of phenols is 2. The maximum Gasteiger partial charge on any atom is 0.315 e. The summed E-state index contributed by atoms with van der Waals surface area (Å²) >= 11 is 0. The molecule has 0 bridgehead atoms. The number of phenolic OH excluding ortho intramolecular Hbond substituents is 2. The van der Waals surface area contributed by atoms with Crippen molar-refractivity contribution in [1.29, 1.82) is 0 Å². The Labute approximate surface area is 158 Å². The number of nitro benzene ring substituents is 1. The van der Waals surface area contributed by atoms with Crippen LogP contribution in [-0.2, 0) is 0 Å². The van der Waals surface area contributed by atoms with Gasteiger partial charge in [-0.25, -0.2) is 5.43 Å². The van der Waals surface area contributed by atoms with Gasteiger partial charge in [0.25, 0.3) is 5.91 Å².